The summed E-state index contributed by atoms with van der Waals surface area (Å²) in [5.74, 6) is -0.957. The molecule has 12 aliphatic heterocycles. The van der Waals surface area contributed by atoms with Crippen molar-refractivity contribution in [2.24, 2.45) is 0 Å². The lowest BCUT2D eigenvalue weighted by atomic mass is 9.99. The highest BCUT2D eigenvalue weighted by atomic mass is 32.2. The van der Waals surface area contributed by atoms with E-state index in [2.05, 4.69) is 258 Å². The Morgan fingerprint density at radius 3 is 1.41 bits per heavy atom. The number of benzene rings is 8. The molecule has 0 spiro atoms. The van der Waals surface area contributed by atoms with Crippen LogP contribution in [0.3, 0.4) is 0 Å². The summed E-state index contributed by atoms with van der Waals surface area (Å²) in [6.07, 6.45) is 17.7. The number of hydrogen-bond donors (Lipinski definition) is 0. The Labute approximate surface area is 614 Å². The largest absolute Gasteiger partial charge is 0.356 e. The maximum absolute atomic E-state index is 13.6. The highest BCUT2D eigenvalue weighted by molar-refractivity contribution is 8.04. The van der Waals surface area contributed by atoms with Gasteiger partial charge in [-0.3, -0.25) is 4.98 Å². The molecule has 0 amide bonds. The SMILES string of the molecule is CC1=CN2c3cc(F)cc(F)c3CC2N1C.CC1=CN2c3ccccc3CC2S1.CN1c2ccccc2N2c3ccncc3CC12.[C-]#[N+]c1c(C)cc2c(c1C)CC1N(C)C(C)=CN21.[C-]#[N+]c1c(C)cc2c(c1C)CC1N(C)c3ccccc3N21.[C-]#[N+]c1ccc2c(c1)CC1N(C)c3ccccc3N21. The number of likely N-dealkylation sites (N-methyl/N-ethyl adjacent to an activating group) is 5. The van der Waals surface area contributed by atoms with E-state index in [1.807, 2.05) is 75.2 Å². The zero-order chi connectivity index (χ0) is 72.4. The fourth-order valence-corrected chi connectivity index (χ4v) is 18.8. The van der Waals surface area contributed by atoms with Gasteiger partial charge in [-0.05, 0) is 171 Å². The molecule has 21 rings (SSSR count). The fraction of sp³-hybridized carbons (Fsp3) is 0.279. The molecule has 0 saturated carbocycles. The number of thioether (sulfide) groups is 1. The lowest BCUT2D eigenvalue weighted by molar-refractivity contribution is 0.342. The third kappa shape index (κ3) is 10.9. The van der Waals surface area contributed by atoms with Crippen molar-refractivity contribution in [3.63, 3.8) is 0 Å². The van der Waals surface area contributed by atoms with Gasteiger partial charge in [-0.15, -0.1) is 11.8 Å². The van der Waals surface area contributed by atoms with Crippen LogP contribution < -0.4 is 44.1 Å². The van der Waals surface area contributed by atoms with Crippen molar-refractivity contribution in [1.82, 2.24) is 14.8 Å². The minimum atomic E-state index is -0.516. The van der Waals surface area contributed by atoms with Crippen molar-refractivity contribution in [3.8, 4) is 0 Å². The number of para-hydroxylation sites is 7. The Balaban J connectivity index is 0.0000000966. The van der Waals surface area contributed by atoms with Gasteiger partial charge < -0.3 is 53.9 Å². The lowest BCUT2D eigenvalue weighted by Crippen LogP contribution is -2.36. The summed E-state index contributed by atoms with van der Waals surface area (Å²) < 4.78 is 26.8. The smallest absolute Gasteiger partial charge is 0.193 e. The molecular formula is C86H83F2N15S. The van der Waals surface area contributed by atoms with Crippen molar-refractivity contribution in [2.75, 3.05) is 79.3 Å². The third-order valence-electron chi connectivity index (χ3n) is 23.1. The summed E-state index contributed by atoms with van der Waals surface area (Å²) >= 11 is 1.98. The van der Waals surface area contributed by atoms with E-state index >= 15 is 0 Å². The molecule has 13 heterocycles. The molecule has 0 N–H and O–H groups in total. The number of allylic oxidation sites excluding steroid dienone is 3. The second kappa shape index (κ2) is 26.1. The molecule has 6 atom stereocenters. The molecule has 0 saturated heterocycles. The topological polar surface area (TPSA) is 61.6 Å². The molecule has 0 aliphatic carbocycles. The maximum atomic E-state index is 13.6. The van der Waals surface area contributed by atoms with E-state index in [0.717, 1.165) is 76.8 Å². The van der Waals surface area contributed by atoms with Gasteiger partial charge in [-0.1, -0.05) is 66.7 Å². The van der Waals surface area contributed by atoms with Crippen molar-refractivity contribution in [3.05, 3.63) is 294 Å². The molecular weight excluding hydrogens is 1310 g/mol. The number of pyridine rings is 1. The quantitative estimate of drug-likeness (QED) is 0.136. The Morgan fingerprint density at radius 2 is 0.856 bits per heavy atom. The van der Waals surface area contributed by atoms with E-state index in [0.29, 0.717) is 47.7 Å². The van der Waals surface area contributed by atoms with Crippen LogP contribution in [0.15, 0.2) is 193 Å². The first-order valence-electron chi connectivity index (χ1n) is 35.6. The minimum Gasteiger partial charge on any atom is -0.356 e. The highest BCUT2D eigenvalue weighted by Gasteiger charge is 2.45. The van der Waals surface area contributed by atoms with Gasteiger partial charge >= 0.3 is 0 Å². The molecule has 15 nitrogen and oxygen atoms in total. The maximum Gasteiger partial charge on any atom is 0.193 e. The molecule has 1 aromatic heterocycles. The Hall–Kier alpha value is -11.4. The summed E-state index contributed by atoms with van der Waals surface area (Å²) in [7, 11) is 10.6. The van der Waals surface area contributed by atoms with Gasteiger partial charge in [0.2, 0.25) is 0 Å². The van der Waals surface area contributed by atoms with Crippen molar-refractivity contribution in [1.29, 1.82) is 0 Å². The first kappa shape index (κ1) is 67.1. The molecule has 522 valence electrons. The van der Waals surface area contributed by atoms with Gasteiger partial charge in [0.25, 0.3) is 0 Å². The van der Waals surface area contributed by atoms with Crippen LogP contribution in [0, 0.1) is 59.0 Å². The molecule has 104 heavy (non-hydrogen) atoms. The fourth-order valence-electron chi connectivity index (χ4n) is 17.6. The number of halogens is 2. The Bertz CT molecular complexity index is 5260. The van der Waals surface area contributed by atoms with Crippen LogP contribution in [-0.2, 0) is 38.5 Å². The van der Waals surface area contributed by atoms with Gasteiger partial charge in [-0.2, -0.15) is 0 Å². The zero-order valence-electron chi connectivity index (χ0n) is 60.8. The van der Waals surface area contributed by atoms with Gasteiger partial charge in [0.1, 0.15) is 42.5 Å². The number of rotatable bonds is 0. The predicted molar refractivity (Wildman–Crippen MR) is 422 cm³/mol. The Morgan fingerprint density at radius 1 is 0.394 bits per heavy atom. The number of aryl methyl sites for hydroxylation is 2. The highest BCUT2D eigenvalue weighted by Crippen LogP contribution is 2.55. The second-order valence-electron chi connectivity index (χ2n) is 28.8. The predicted octanol–water partition coefficient (Wildman–Crippen LogP) is 19.4. The van der Waals surface area contributed by atoms with Gasteiger partial charge in [-0.25, -0.2) is 23.3 Å². The molecule has 6 unspecified atom stereocenters. The van der Waals surface area contributed by atoms with Crippen LogP contribution in [0.25, 0.3) is 14.5 Å². The van der Waals surface area contributed by atoms with E-state index in [-0.39, 0.29) is 6.17 Å². The normalized spacial score (nSPS) is 20.5. The molecule has 0 fully saturated rings. The lowest BCUT2D eigenvalue weighted by Gasteiger charge is -2.24. The number of nitrogens with zero attached hydrogens (tertiary/aromatic N) is 15. The van der Waals surface area contributed by atoms with Crippen LogP contribution in [0.4, 0.5) is 94.1 Å². The summed E-state index contributed by atoms with van der Waals surface area (Å²) in [6, 6.07) is 49.2. The van der Waals surface area contributed by atoms with Gasteiger partial charge in [0, 0.05) is 161 Å². The summed E-state index contributed by atoms with van der Waals surface area (Å²) in [5, 5.41) is 0.636. The van der Waals surface area contributed by atoms with Crippen molar-refractivity contribution >= 4 is 97.1 Å². The number of aromatic nitrogens is 1. The molecule has 0 bridgehead atoms. The van der Waals surface area contributed by atoms with Crippen LogP contribution in [-0.4, -0.2) is 86.2 Å². The average Bonchev–Trinajstić information content (AvgIpc) is 1.58. The first-order valence-corrected chi connectivity index (χ1v) is 36.5. The second-order valence-corrected chi connectivity index (χ2v) is 30.3. The number of hydrogen-bond acceptors (Lipinski definition) is 13. The first-order chi connectivity index (χ1) is 50.2. The molecule has 9 aromatic rings. The third-order valence-corrected chi connectivity index (χ3v) is 24.3. The van der Waals surface area contributed by atoms with Gasteiger partial charge in [0.15, 0.2) is 17.1 Å². The van der Waals surface area contributed by atoms with Gasteiger partial charge in [0.05, 0.1) is 64.9 Å². The molecule has 0 radical (unpaired) electrons. The van der Waals surface area contributed by atoms with E-state index in [4.69, 9.17) is 19.7 Å². The summed E-state index contributed by atoms with van der Waals surface area (Å²) in [4.78, 5) is 41.9. The van der Waals surface area contributed by atoms with Crippen molar-refractivity contribution < 1.29 is 8.78 Å². The number of fused-ring (bicyclic) bond motifs is 24. The monoisotopic (exact) mass is 1400 g/mol. The standard InChI is InChI=1S/C18H17N3.C16H13N3.C15H17N3.C14H13N3.C12H12F2N2.C11H11NS/c1-11-9-16-13(12(2)18(11)19-3)10-17-20(4)14-7-5-6-8-15(14)21(16)17;1-17-12-7-8-13-11(9-12)10-16-18(2)14-5-3-4-6-15(14)19(13)16;1-9-6-13-12(11(3)15(9)16-4)7-14-17(5)10(2)8-18(13)14;1-16-12-4-2-3-5-13(12)17-11-6-7-15-9-10(11)8-14(16)17;1-7-6-16-11-4-8(13)3-10(14)9(11)5-12(16)15(7)2;1-8-7-12-10-5-3-2-4-9(10)6-11(12)13-8/h5-9,17H,10H2,1-2,4H3;3-9,16H,10H2,2H3;6,8,14H,7H2,1-3,5H3;2-7,9,14H,8H2,1H3;3-4,6,12H,5H2,1-2H3;2-5,7,11H,6H2,1H3. The van der Waals surface area contributed by atoms with Crippen molar-refractivity contribution in [2.45, 2.75) is 123 Å². The Kier molecular flexibility index (Phi) is 16.9. The van der Waals surface area contributed by atoms with E-state index in [9.17, 15) is 8.78 Å². The van der Waals surface area contributed by atoms with E-state index in [1.165, 1.54) is 113 Å². The summed E-state index contributed by atoms with van der Waals surface area (Å²) in [5.41, 5.74) is 31.6. The van der Waals surface area contributed by atoms with E-state index < -0.39 is 11.6 Å². The molecule has 8 aromatic carbocycles. The molecule has 18 heteroatoms. The average molecular weight is 1400 g/mol. The summed E-state index contributed by atoms with van der Waals surface area (Å²) in [6.45, 7) is 36.4. The van der Waals surface area contributed by atoms with Crippen LogP contribution >= 0.6 is 11.8 Å². The molecule has 12 aliphatic rings. The van der Waals surface area contributed by atoms with E-state index in [1.54, 1.807) is 0 Å². The minimum absolute atomic E-state index is 0.103. The van der Waals surface area contributed by atoms with Crippen LogP contribution in [0.2, 0.25) is 0 Å². The zero-order valence-corrected chi connectivity index (χ0v) is 61.6. The number of anilines is 12. The van der Waals surface area contributed by atoms with Crippen LogP contribution in [0.5, 0.6) is 0 Å². The van der Waals surface area contributed by atoms with Crippen LogP contribution in [0.1, 0.15) is 76.4 Å².